The lowest BCUT2D eigenvalue weighted by Gasteiger charge is -2.30. The molecule has 0 saturated carbocycles. The highest BCUT2D eigenvalue weighted by atomic mass is 16.3. The Morgan fingerprint density at radius 2 is 2.00 bits per heavy atom. The van der Waals surface area contributed by atoms with Gasteiger partial charge in [0.15, 0.2) is 0 Å². The molecule has 118 valence electrons. The van der Waals surface area contributed by atoms with E-state index in [0.717, 1.165) is 6.54 Å². The second kappa shape index (κ2) is 7.84. The van der Waals surface area contributed by atoms with Gasteiger partial charge in [0.25, 0.3) is 0 Å². The first-order valence-corrected chi connectivity index (χ1v) is 8.72. The SMILES string of the molecule is CCCCCCN1CCC(CCC)(c2cccc(O)c2)C1. The molecule has 2 heteroatoms. The third-order valence-corrected chi connectivity index (χ3v) is 4.95. The largest absolute Gasteiger partial charge is 0.508 e. The zero-order valence-corrected chi connectivity index (χ0v) is 13.8. The summed E-state index contributed by atoms with van der Waals surface area (Å²) in [5.74, 6) is 0.407. The van der Waals surface area contributed by atoms with Crippen LogP contribution in [-0.2, 0) is 5.41 Å². The first kappa shape index (κ1) is 16.4. The number of nitrogens with zero attached hydrogens (tertiary/aromatic N) is 1. The van der Waals surface area contributed by atoms with Crippen molar-refractivity contribution >= 4 is 0 Å². The lowest BCUT2D eigenvalue weighted by Crippen LogP contribution is -2.31. The van der Waals surface area contributed by atoms with E-state index in [9.17, 15) is 5.11 Å². The highest BCUT2D eigenvalue weighted by Gasteiger charge is 2.38. The van der Waals surface area contributed by atoms with Gasteiger partial charge in [-0.1, -0.05) is 51.7 Å². The first-order chi connectivity index (χ1) is 10.2. The summed E-state index contributed by atoms with van der Waals surface area (Å²) in [7, 11) is 0. The Hall–Kier alpha value is -1.02. The van der Waals surface area contributed by atoms with Gasteiger partial charge < -0.3 is 10.0 Å². The van der Waals surface area contributed by atoms with Gasteiger partial charge >= 0.3 is 0 Å². The Balaban J connectivity index is 2.00. The van der Waals surface area contributed by atoms with Crippen LogP contribution in [0.4, 0.5) is 0 Å². The minimum absolute atomic E-state index is 0.262. The Kier molecular flexibility index (Phi) is 6.10. The van der Waals surface area contributed by atoms with E-state index in [0.29, 0.717) is 5.75 Å². The first-order valence-electron chi connectivity index (χ1n) is 8.72. The number of rotatable bonds is 8. The molecule has 1 aromatic rings. The van der Waals surface area contributed by atoms with Crippen LogP contribution in [0.5, 0.6) is 5.75 Å². The van der Waals surface area contributed by atoms with Crippen LogP contribution in [-0.4, -0.2) is 29.6 Å². The fourth-order valence-electron chi connectivity index (χ4n) is 3.81. The van der Waals surface area contributed by atoms with Gasteiger partial charge in [0.2, 0.25) is 0 Å². The number of benzene rings is 1. The van der Waals surface area contributed by atoms with Gasteiger partial charge in [-0.25, -0.2) is 0 Å². The molecule has 1 saturated heterocycles. The summed E-state index contributed by atoms with van der Waals surface area (Å²) >= 11 is 0. The molecule has 0 radical (unpaired) electrons. The van der Waals surface area contributed by atoms with Crippen LogP contribution in [0.25, 0.3) is 0 Å². The second-order valence-electron chi connectivity index (χ2n) is 6.67. The molecule has 1 aliphatic heterocycles. The highest BCUT2D eigenvalue weighted by Crippen LogP contribution is 2.39. The van der Waals surface area contributed by atoms with Crippen molar-refractivity contribution < 1.29 is 5.11 Å². The van der Waals surface area contributed by atoms with E-state index in [1.54, 1.807) is 6.07 Å². The molecule has 2 rings (SSSR count). The number of hydrogen-bond acceptors (Lipinski definition) is 2. The lowest BCUT2D eigenvalue weighted by molar-refractivity contribution is 0.294. The van der Waals surface area contributed by atoms with Crippen molar-refractivity contribution in [1.82, 2.24) is 4.90 Å². The van der Waals surface area contributed by atoms with Crippen molar-refractivity contribution in [2.24, 2.45) is 0 Å². The topological polar surface area (TPSA) is 23.5 Å². The molecule has 0 aliphatic carbocycles. The molecular formula is C19H31NO. The van der Waals surface area contributed by atoms with Crippen molar-refractivity contribution in [3.8, 4) is 5.75 Å². The van der Waals surface area contributed by atoms with Crippen molar-refractivity contribution in [2.45, 2.75) is 64.2 Å². The Morgan fingerprint density at radius 3 is 2.71 bits per heavy atom. The molecule has 1 atom stereocenters. The van der Waals surface area contributed by atoms with E-state index in [1.807, 2.05) is 12.1 Å². The summed E-state index contributed by atoms with van der Waals surface area (Å²) in [5, 5.41) is 9.81. The van der Waals surface area contributed by atoms with E-state index in [2.05, 4.69) is 24.8 Å². The molecule has 1 fully saturated rings. The van der Waals surface area contributed by atoms with Gasteiger partial charge in [-0.15, -0.1) is 0 Å². The monoisotopic (exact) mass is 289 g/mol. The summed E-state index contributed by atoms with van der Waals surface area (Å²) in [6.07, 6.45) is 9.03. The molecule has 1 aromatic carbocycles. The standard InChI is InChI=1S/C19H31NO/c1-3-5-6-7-13-20-14-12-19(16-20,11-4-2)17-9-8-10-18(21)15-17/h8-10,15,21H,3-7,11-14,16H2,1-2H3. The minimum atomic E-state index is 0.262. The average molecular weight is 289 g/mol. The van der Waals surface area contributed by atoms with E-state index in [-0.39, 0.29) is 5.41 Å². The zero-order valence-electron chi connectivity index (χ0n) is 13.8. The Bertz CT molecular complexity index is 431. The molecule has 0 amide bonds. The van der Waals surface area contributed by atoms with Crippen LogP contribution in [0, 0.1) is 0 Å². The van der Waals surface area contributed by atoms with E-state index < -0.39 is 0 Å². The fraction of sp³-hybridized carbons (Fsp3) is 0.684. The van der Waals surface area contributed by atoms with Crippen LogP contribution in [0.3, 0.4) is 0 Å². The summed E-state index contributed by atoms with van der Waals surface area (Å²) < 4.78 is 0. The summed E-state index contributed by atoms with van der Waals surface area (Å²) in [6.45, 7) is 8.15. The minimum Gasteiger partial charge on any atom is -0.508 e. The number of phenols is 1. The quantitative estimate of drug-likeness (QED) is 0.700. The van der Waals surface area contributed by atoms with Crippen molar-refractivity contribution in [3.05, 3.63) is 29.8 Å². The Labute approximate surface area is 130 Å². The summed E-state index contributed by atoms with van der Waals surface area (Å²) in [6, 6.07) is 7.96. The van der Waals surface area contributed by atoms with Gasteiger partial charge in [0.1, 0.15) is 5.75 Å². The summed E-state index contributed by atoms with van der Waals surface area (Å²) in [4.78, 5) is 2.63. The van der Waals surface area contributed by atoms with Gasteiger partial charge in [0.05, 0.1) is 0 Å². The van der Waals surface area contributed by atoms with Gasteiger partial charge in [-0.05, 0) is 50.0 Å². The highest BCUT2D eigenvalue weighted by molar-refractivity contribution is 5.34. The summed E-state index contributed by atoms with van der Waals surface area (Å²) in [5.41, 5.74) is 1.60. The third-order valence-electron chi connectivity index (χ3n) is 4.95. The Morgan fingerprint density at radius 1 is 1.14 bits per heavy atom. The number of likely N-dealkylation sites (tertiary alicyclic amines) is 1. The number of aromatic hydroxyl groups is 1. The molecular weight excluding hydrogens is 258 g/mol. The van der Waals surface area contributed by atoms with E-state index in [4.69, 9.17) is 0 Å². The van der Waals surface area contributed by atoms with Gasteiger partial charge in [-0.2, -0.15) is 0 Å². The number of phenolic OH excluding ortho intramolecular Hbond substituents is 1. The maximum atomic E-state index is 9.81. The van der Waals surface area contributed by atoms with Crippen LogP contribution >= 0.6 is 0 Å². The van der Waals surface area contributed by atoms with Crippen LogP contribution < -0.4 is 0 Å². The zero-order chi connectivity index (χ0) is 15.1. The fourth-order valence-corrected chi connectivity index (χ4v) is 3.81. The van der Waals surface area contributed by atoms with Crippen LogP contribution in [0.2, 0.25) is 0 Å². The molecule has 0 spiro atoms. The van der Waals surface area contributed by atoms with Crippen molar-refractivity contribution in [3.63, 3.8) is 0 Å². The molecule has 2 nitrogen and oxygen atoms in total. The van der Waals surface area contributed by atoms with E-state index in [1.165, 1.54) is 63.6 Å². The third kappa shape index (κ3) is 4.23. The molecule has 21 heavy (non-hydrogen) atoms. The van der Waals surface area contributed by atoms with Gasteiger partial charge in [-0.3, -0.25) is 0 Å². The van der Waals surface area contributed by atoms with Crippen LogP contribution in [0.1, 0.15) is 64.4 Å². The number of hydrogen-bond donors (Lipinski definition) is 1. The molecule has 0 bridgehead atoms. The van der Waals surface area contributed by atoms with E-state index >= 15 is 0 Å². The molecule has 1 N–H and O–H groups in total. The maximum Gasteiger partial charge on any atom is 0.115 e. The number of unbranched alkanes of at least 4 members (excludes halogenated alkanes) is 3. The molecule has 1 aliphatic rings. The molecule has 1 heterocycles. The average Bonchev–Trinajstić information content (AvgIpc) is 2.89. The normalized spacial score (nSPS) is 22.8. The smallest absolute Gasteiger partial charge is 0.115 e. The predicted molar refractivity (Wildman–Crippen MR) is 89.9 cm³/mol. The van der Waals surface area contributed by atoms with Crippen molar-refractivity contribution in [2.75, 3.05) is 19.6 Å². The molecule has 1 unspecified atom stereocenters. The van der Waals surface area contributed by atoms with Crippen molar-refractivity contribution in [1.29, 1.82) is 0 Å². The lowest BCUT2D eigenvalue weighted by atomic mass is 9.76. The molecule has 0 aromatic heterocycles. The van der Waals surface area contributed by atoms with Crippen LogP contribution in [0.15, 0.2) is 24.3 Å². The maximum absolute atomic E-state index is 9.81. The predicted octanol–water partition coefficient (Wildman–Crippen LogP) is 4.72. The second-order valence-corrected chi connectivity index (χ2v) is 6.67. The van der Waals surface area contributed by atoms with Gasteiger partial charge in [0, 0.05) is 12.0 Å².